The Morgan fingerprint density at radius 3 is 2.69 bits per heavy atom. The third-order valence-corrected chi connectivity index (χ3v) is 2.66. The molecule has 0 N–H and O–H groups in total. The van der Waals surface area contributed by atoms with Gasteiger partial charge in [0.15, 0.2) is 0 Å². The molecule has 4 nitrogen and oxygen atoms in total. The Morgan fingerprint density at radius 2 is 2.23 bits per heavy atom. The molecule has 0 bridgehead atoms. The number of ether oxygens (including phenoxy) is 1. The van der Waals surface area contributed by atoms with E-state index in [4.69, 9.17) is 4.74 Å². The molecule has 1 aromatic carbocycles. The lowest BCUT2D eigenvalue weighted by molar-refractivity contribution is -0.385. The van der Waals surface area contributed by atoms with Crippen LogP contribution in [0.1, 0.15) is 0 Å². The Morgan fingerprint density at radius 1 is 1.62 bits per heavy atom. The summed E-state index contributed by atoms with van der Waals surface area (Å²) in [6.45, 7) is 0. The topological polar surface area (TPSA) is 52.4 Å². The first kappa shape index (κ1) is 10.6. The third kappa shape index (κ3) is 2.25. The first-order valence-electron chi connectivity index (χ1n) is 3.27. The number of hydrogen-bond donors (Lipinski definition) is 1. The lowest BCUT2D eigenvalue weighted by Crippen LogP contribution is -1.94. The van der Waals surface area contributed by atoms with Crippen LogP contribution in [0.3, 0.4) is 0 Å². The zero-order valence-electron chi connectivity index (χ0n) is 6.65. The summed E-state index contributed by atoms with van der Waals surface area (Å²) in [7, 11) is 1.45. The summed E-state index contributed by atoms with van der Waals surface area (Å²) in [5.74, 6) is 0.412. The molecule has 13 heavy (non-hydrogen) atoms. The van der Waals surface area contributed by atoms with Crippen LogP contribution in [0, 0.1) is 13.7 Å². The van der Waals surface area contributed by atoms with Crippen molar-refractivity contribution in [3.63, 3.8) is 0 Å². The number of nitro groups is 1. The average Bonchev–Trinajstić information content (AvgIpc) is 2.03. The predicted octanol–water partition coefficient (Wildman–Crippen LogP) is 2.50. The minimum atomic E-state index is -0.447. The zero-order valence-corrected chi connectivity index (χ0v) is 9.70. The van der Waals surface area contributed by atoms with E-state index >= 15 is 0 Å². The van der Waals surface area contributed by atoms with E-state index in [0.29, 0.717) is 14.2 Å². The standard InChI is InChI=1S/C7H6INO3S/c1-12-6-3-5(9(10)11)4(8)2-7(6)13/h2-3,13H,1H3. The largest absolute Gasteiger partial charge is 0.495 e. The molecule has 0 unspecified atom stereocenters. The Kier molecular flexibility index (Phi) is 3.37. The van der Waals surface area contributed by atoms with Crippen LogP contribution in [-0.4, -0.2) is 12.0 Å². The van der Waals surface area contributed by atoms with Crippen molar-refractivity contribution in [3.8, 4) is 5.75 Å². The summed E-state index contributed by atoms with van der Waals surface area (Å²) in [5, 5.41) is 10.5. The first-order valence-corrected chi connectivity index (χ1v) is 4.79. The summed E-state index contributed by atoms with van der Waals surface area (Å²) in [6.07, 6.45) is 0. The number of nitrogens with zero attached hydrogens (tertiary/aromatic N) is 1. The van der Waals surface area contributed by atoms with Crippen molar-refractivity contribution < 1.29 is 9.66 Å². The highest BCUT2D eigenvalue weighted by atomic mass is 127. The van der Waals surface area contributed by atoms with Gasteiger partial charge in [0.05, 0.1) is 21.7 Å². The normalized spacial score (nSPS) is 9.77. The van der Waals surface area contributed by atoms with E-state index in [1.807, 2.05) is 22.6 Å². The third-order valence-electron chi connectivity index (χ3n) is 1.45. The molecule has 1 rings (SSSR count). The molecule has 0 spiro atoms. The summed E-state index contributed by atoms with van der Waals surface area (Å²) < 4.78 is 5.46. The van der Waals surface area contributed by atoms with Gasteiger partial charge in [-0.05, 0) is 28.7 Å². The fourth-order valence-corrected chi connectivity index (χ4v) is 2.03. The van der Waals surface area contributed by atoms with Crippen LogP contribution in [0.4, 0.5) is 5.69 Å². The highest BCUT2D eigenvalue weighted by Gasteiger charge is 2.15. The summed E-state index contributed by atoms with van der Waals surface area (Å²) in [5.41, 5.74) is 0.0373. The maximum atomic E-state index is 10.5. The van der Waals surface area contributed by atoms with E-state index < -0.39 is 4.92 Å². The SMILES string of the molecule is COc1cc([N+](=O)[O-])c(I)cc1S. The molecule has 0 aliphatic carbocycles. The van der Waals surface area contributed by atoms with Crippen LogP contribution >= 0.6 is 35.2 Å². The van der Waals surface area contributed by atoms with Crippen molar-refractivity contribution in [1.82, 2.24) is 0 Å². The molecule has 0 aliphatic heterocycles. The molecule has 0 saturated heterocycles. The van der Waals surface area contributed by atoms with Crippen LogP contribution in [0.25, 0.3) is 0 Å². The highest BCUT2D eigenvalue weighted by Crippen LogP contribution is 2.31. The van der Waals surface area contributed by atoms with Crippen LogP contribution in [0.2, 0.25) is 0 Å². The molecule has 0 fully saturated rings. The maximum Gasteiger partial charge on any atom is 0.286 e. The molecule has 70 valence electrons. The first-order chi connectivity index (χ1) is 6.06. The van der Waals surface area contributed by atoms with Gasteiger partial charge in [-0.3, -0.25) is 10.1 Å². The van der Waals surface area contributed by atoms with Gasteiger partial charge in [-0.15, -0.1) is 12.6 Å². The van der Waals surface area contributed by atoms with Crippen LogP contribution in [0.5, 0.6) is 5.75 Å². The molecule has 0 amide bonds. The quantitative estimate of drug-likeness (QED) is 0.395. The second-order valence-electron chi connectivity index (χ2n) is 2.23. The number of thiol groups is 1. The van der Waals surface area contributed by atoms with E-state index in [9.17, 15) is 10.1 Å². The van der Waals surface area contributed by atoms with Crippen molar-refractivity contribution in [3.05, 3.63) is 25.8 Å². The van der Waals surface area contributed by atoms with Crippen LogP contribution < -0.4 is 4.74 Å². The summed E-state index contributed by atoms with van der Waals surface area (Å²) in [6, 6.07) is 2.96. The van der Waals surface area contributed by atoms with E-state index in [-0.39, 0.29) is 5.69 Å². The van der Waals surface area contributed by atoms with Crippen molar-refractivity contribution in [1.29, 1.82) is 0 Å². The molecular weight excluding hydrogens is 305 g/mol. The fourth-order valence-electron chi connectivity index (χ4n) is 0.836. The van der Waals surface area contributed by atoms with Crippen molar-refractivity contribution in [2.24, 2.45) is 0 Å². The Hall–Kier alpha value is -0.500. The van der Waals surface area contributed by atoms with Gasteiger partial charge in [0.25, 0.3) is 5.69 Å². The minimum Gasteiger partial charge on any atom is -0.495 e. The van der Waals surface area contributed by atoms with Crippen molar-refractivity contribution in [2.45, 2.75) is 4.90 Å². The van der Waals surface area contributed by atoms with E-state index in [1.165, 1.54) is 13.2 Å². The number of nitro benzene ring substituents is 1. The molecule has 6 heteroatoms. The second-order valence-corrected chi connectivity index (χ2v) is 3.88. The summed E-state index contributed by atoms with van der Waals surface area (Å²) >= 11 is 6.00. The van der Waals surface area contributed by atoms with Gasteiger partial charge in [0.2, 0.25) is 0 Å². The zero-order chi connectivity index (χ0) is 10.0. The molecule has 1 aromatic rings. The molecular formula is C7H6INO3S. The van der Waals surface area contributed by atoms with Crippen LogP contribution in [0.15, 0.2) is 17.0 Å². The number of hydrogen-bond acceptors (Lipinski definition) is 4. The van der Waals surface area contributed by atoms with Gasteiger partial charge in [-0.1, -0.05) is 0 Å². The molecule has 0 radical (unpaired) electrons. The molecule has 0 heterocycles. The Labute approximate surface area is 94.0 Å². The second kappa shape index (κ2) is 4.14. The van der Waals surface area contributed by atoms with Crippen LogP contribution in [-0.2, 0) is 0 Å². The number of methoxy groups -OCH3 is 1. The number of rotatable bonds is 2. The van der Waals surface area contributed by atoms with Crippen molar-refractivity contribution >= 4 is 40.9 Å². The lowest BCUT2D eigenvalue weighted by atomic mass is 10.3. The van der Waals surface area contributed by atoms with Gasteiger partial charge >= 0.3 is 0 Å². The van der Waals surface area contributed by atoms with Gasteiger partial charge in [-0.25, -0.2) is 0 Å². The van der Waals surface area contributed by atoms with E-state index in [2.05, 4.69) is 12.6 Å². The smallest absolute Gasteiger partial charge is 0.286 e. The van der Waals surface area contributed by atoms with Gasteiger partial charge < -0.3 is 4.74 Å². The monoisotopic (exact) mass is 311 g/mol. The number of benzene rings is 1. The Bertz CT molecular complexity index is 356. The molecule has 0 atom stereocenters. The van der Waals surface area contributed by atoms with Gasteiger partial charge in [0.1, 0.15) is 5.75 Å². The number of halogens is 1. The van der Waals surface area contributed by atoms with Crippen molar-refractivity contribution in [2.75, 3.05) is 7.11 Å². The molecule has 0 aromatic heterocycles. The maximum absolute atomic E-state index is 10.5. The minimum absolute atomic E-state index is 0.0373. The highest BCUT2D eigenvalue weighted by molar-refractivity contribution is 14.1. The van der Waals surface area contributed by atoms with Gasteiger partial charge in [-0.2, -0.15) is 0 Å². The Balaban J connectivity index is 3.30. The molecule has 0 aliphatic rings. The fraction of sp³-hybridized carbons (Fsp3) is 0.143. The molecule has 0 saturated carbocycles. The average molecular weight is 311 g/mol. The predicted molar refractivity (Wildman–Crippen MR) is 59.6 cm³/mol. The summed E-state index contributed by atoms with van der Waals surface area (Å²) in [4.78, 5) is 10.7. The lowest BCUT2D eigenvalue weighted by Gasteiger charge is -2.03. The van der Waals surface area contributed by atoms with Gasteiger partial charge in [0, 0.05) is 4.90 Å². The van der Waals surface area contributed by atoms with E-state index in [0.717, 1.165) is 0 Å². The van der Waals surface area contributed by atoms with E-state index in [1.54, 1.807) is 6.07 Å².